The number of rotatable bonds is 16. The van der Waals surface area contributed by atoms with Gasteiger partial charge in [-0.2, -0.15) is 0 Å². The molecule has 0 aromatic carbocycles. The highest BCUT2D eigenvalue weighted by molar-refractivity contribution is 5.95. The lowest BCUT2D eigenvalue weighted by atomic mass is 10.1. The molecule has 0 bridgehead atoms. The van der Waals surface area contributed by atoms with Crippen molar-refractivity contribution in [1.29, 1.82) is 0 Å². The van der Waals surface area contributed by atoms with Crippen LogP contribution in [0.5, 0.6) is 0 Å². The summed E-state index contributed by atoms with van der Waals surface area (Å²) >= 11 is 0. The second-order valence-corrected chi connectivity index (χ2v) is 6.58. The molecular formula is C19H36N2O5. The van der Waals surface area contributed by atoms with E-state index in [-0.39, 0.29) is 6.61 Å². The molecule has 0 saturated heterocycles. The Morgan fingerprint density at radius 3 is 1.73 bits per heavy atom. The first-order valence-electron chi connectivity index (χ1n) is 9.91. The number of hydrogen-bond acceptors (Lipinski definition) is 5. The number of hydrogen-bond donors (Lipinski definition) is 2. The van der Waals surface area contributed by atoms with Crippen LogP contribution in [0.25, 0.3) is 0 Å². The summed E-state index contributed by atoms with van der Waals surface area (Å²) in [7, 11) is 0. The Bertz CT molecular complexity index is 401. The molecule has 7 heteroatoms. The highest BCUT2D eigenvalue weighted by atomic mass is 16.6. The molecule has 0 aromatic heterocycles. The topological polar surface area (TPSA) is 110 Å². The predicted octanol–water partition coefficient (Wildman–Crippen LogP) is 3.70. The Kier molecular flexibility index (Phi) is 15.8. The summed E-state index contributed by atoms with van der Waals surface area (Å²) in [6, 6.07) is 0. The lowest BCUT2D eigenvalue weighted by molar-refractivity contribution is -0.142. The van der Waals surface area contributed by atoms with Crippen LogP contribution in [0.3, 0.4) is 0 Å². The van der Waals surface area contributed by atoms with Gasteiger partial charge in [0, 0.05) is 0 Å². The summed E-state index contributed by atoms with van der Waals surface area (Å²) in [6.07, 6.45) is 13.5. The van der Waals surface area contributed by atoms with Gasteiger partial charge in [-0.15, -0.1) is 0 Å². The van der Waals surface area contributed by atoms with E-state index >= 15 is 0 Å². The van der Waals surface area contributed by atoms with E-state index in [1.54, 1.807) is 0 Å². The fourth-order valence-corrected chi connectivity index (χ4v) is 2.68. The molecule has 2 amide bonds. The molecule has 0 rings (SSSR count). The highest BCUT2D eigenvalue weighted by Crippen LogP contribution is 2.12. The van der Waals surface area contributed by atoms with Crippen molar-refractivity contribution in [2.45, 2.75) is 84.0 Å². The number of amides is 2. The van der Waals surface area contributed by atoms with Gasteiger partial charge in [-0.1, -0.05) is 77.6 Å². The van der Waals surface area contributed by atoms with Crippen LogP contribution >= 0.6 is 0 Å². The first-order chi connectivity index (χ1) is 12.5. The van der Waals surface area contributed by atoms with E-state index in [1.165, 1.54) is 57.8 Å². The Morgan fingerprint density at radius 1 is 0.846 bits per heavy atom. The largest absolute Gasteiger partial charge is 0.480 e. The Labute approximate surface area is 157 Å². The Morgan fingerprint density at radius 2 is 1.31 bits per heavy atom. The van der Waals surface area contributed by atoms with Crippen LogP contribution in [0, 0.1) is 0 Å². The molecule has 0 aliphatic heterocycles. The molecule has 152 valence electrons. The smallest absolute Gasteiger partial charge is 0.417 e. The average Bonchev–Trinajstić information content (AvgIpc) is 2.62. The summed E-state index contributed by atoms with van der Waals surface area (Å²) < 4.78 is 4.97. The quantitative estimate of drug-likeness (QED) is 0.400. The maximum absolute atomic E-state index is 11.7. The summed E-state index contributed by atoms with van der Waals surface area (Å²) in [5, 5.41) is 8.72. The van der Waals surface area contributed by atoms with Gasteiger partial charge in [0.15, 0.2) is 0 Å². The van der Waals surface area contributed by atoms with Crippen LogP contribution in [-0.2, 0) is 14.3 Å². The van der Waals surface area contributed by atoms with Crippen molar-refractivity contribution in [3.63, 3.8) is 0 Å². The highest BCUT2D eigenvalue weighted by Gasteiger charge is 2.24. The number of nitrogens with zero attached hydrogens (tertiary/aromatic N) is 1. The molecule has 0 aliphatic carbocycles. The fraction of sp³-hybridized carbons (Fsp3) is 0.842. The first-order valence-corrected chi connectivity index (χ1v) is 9.91. The predicted molar refractivity (Wildman–Crippen MR) is 101 cm³/mol. The normalized spacial score (nSPS) is 10.5. The minimum atomic E-state index is -1.28. The lowest BCUT2D eigenvalue weighted by Crippen LogP contribution is -2.44. The molecule has 0 aromatic rings. The molecule has 26 heavy (non-hydrogen) atoms. The zero-order chi connectivity index (χ0) is 19.6. The van der Waals surface area contributed by atoms with Gasteiger partial charge in [-0.25, -0.2) is 9.69 Å². The molecule has 0 aliphatic rings. The first kappa shape index (κ1) is 24.4. The van der Waals surface area contributed by atoms with E-state index in [4.69, 9.17) is 15.6 Å². The van der Waals surface area contributed by atoms with E-state index in [9.17, 15) is 14.4 Å². The zero-order valence-corrected chi connectivity index (χ0v) is 16.2. The van der Waals surface area contributed by atoms with Crippen molar-refractivity contribution < 1.29 is 24.2 Å². The van der Waals surface area contributed by atoms with Gasteiger partial charge in [-0.05, 0) is 6.42 Å². The van der Waals surface area contributed by atoms with Crippen LogP contribution in [-0.4, -0.2) is 47.7 Å². The number of imide groups is 1. The van der Waals surface area contributed by atoms with Crippen LogP contribution in [0.4, 0.5) is 4.79 Å². The van der Waals surface area contributed by atoms with Crippen LogP contribution in [0.15, 0.2) is 0 Å². The Hall–Kier alpha value is -1.63. The van der Waals surface area contributed by atoms with Gasteiger partial charge in [-0.3, -0.25) is 9.59 Å². The number of nitrogens with two attached hydrogens (primary N) is 1. The second kappa shape index (κ2) is 16.8. The number of ether oxygens (including phenoxy) is 1. The monoisotopic (exact) mass is 372 g/mol. The molecule has 0 fully saturated rings. The lowest BCUT2D eigenvalue weighted by Gasteiger charge is -2.17. The summed E-state index contributed by atoms with van der Waals surface area (Å²) in [5.41, 5.74) is 5.17. The number of carboxylic acid groups (broad SMARTS) is 1. The summed E-state index contributed by atoms with van der Waals surface area (Å²) in [4.78, 5) is 34.4. The molecule has 3 N–H and O–H groups in total. The van der Waals surface area contributed by atoms with Gasteiger partial charge in [0.2, 0.25) is 5.91 Å². The third-order valence-electron chi connectivity index (χ3n) is 4.21. The van der Waals surface area contributed by atoms with E-state index in [0.29, 0.717) is 11.3 Å². The van der Waals surface area contributed by atoms with Gasteiger partial charge in [0.25, 0.3) is 0 Å². The van der Waals surface area contributed by atoms with E-state index in [1.807, 2.05) is 0 Å². The molecule has 0 radical (unpaired) electrons. The van der Waals surface area contributed by atoms with Gasteiger partial charge in [0.05, 0.1) is 13.2 Å². The van der Waals surface area contributed by atoms with Crippen molar-refractivity contribution in [2.24, 2.45) is 5.73 Å². The number of aliphatic carboxylic acids is 1. The maximum atomic E-state index is 11.7. The molecule has 7 nitrogen and oxygen atoms in total. The van der Waals surface area contributed by atoms with Crippen LogP contribution < -0.4 is 5.73 Å². The molecule has 0 saturated carbocycles. The molecular weight excluding hydrogens is 336 g/mol. The number of unbranched alkanes of at least 4 members (excludes halogenated alkanes) is 11. The molecule has 0 unspecified atom stereocenters. The number of carbonyl (C=O) groups excluding carboxylic acids is 2. The van der Waals surface area contributed by atoms with Gasteiger partial charge >= 0.3 is 12.1 Å². The molecule has 0 heterocycles. The third kappa shape index (κ3) is 13.6. The van der Waals surface area contributed by atoms with Crippen LogP contribution in [0.1, 0.15) is 84.0 Å². The zero-order valence-electron chi connectivity index (χ0n) is 16.2. The van der Waals surface area contributed by atoms with E-state index < -0.39 is 31.1 Å². The van der Waals surface area contributed by atoms with Crippen LogP contribution in [0.2, 0.25) is 0 Å². The van der Waals surface area contributed by atoms with Crippen molar-refractivity contribution in [2.75, 3.05) is 19.7 Å². The number of carboxylic acids is 1. The molecule has 0 atom stereocenters. The number of carbonyl (C=O) groups is 3. The Balaban J connectivity index is 3.59. The van der Waals surface area contributed by atoms with E-state index in [2.05, 4.69) is 6.92 Å². The minimum Gasteiger partial charge on any atom is -0.480 e. The van der Waals surface area contributed by atoms with Crippen molar-refractivity contribution in [3.05, 3.63) is 0 Å². The second-order valence-electron chi connectivity index (χ2n) is 6.58. The summed E-state index contributed by atoms with van der Waals surface area (Å²) in [5.74, 6) is -2.04. The fourth-order valence-electron chi connectivity index (χ4n) is 2.68. The van der Waals surface area contributed by atoms with Gasteiger partial charge in [0.1, 0.15) is 6.54 Å². The third-order valence-corrected chi connectivity index (χ3v) is 4.21. The SMILES string of the molecule is CCCCCCCCCCCCCCOC(=O)N(CC(=O)O)C(=O)CN. The maximum Gasteiger partial charge on any atom is 0.417 e. The van der Waals surface area contributed by atoms with Crippen molar-refractivity contribution in [1.82, 2.24) is 4.90 Å². The van der Waals surface area contributed by atoms with E-state index in [0.717, 1.165) is 12.8 Å². The standard InChI is InChI=1S/C19H36N2O5/c1-2-3-4-5-6-7-8-9-10-11-12-13-14-26-19(25)21(16-18(23)24)17(22)15-20/h2-16,20H2,1H3,(H,23,24). The van der Waals surface area contributed by atoms with Crippen molar-refractivity contribution in [3.8, 4) is 0 Å². The van der Waals surface area contributed by atoms with Gasteiger partial charge < -0.3 is 15.6 Å². The minimum absolute atomic E-state index is 0.185. The molecule has 0 spiro atoms. The van der Waals surface area contributed by atoms with Crippen molar-refractivity contribution >= 4 is 18.0 Å². The summed E-state index contributed by atoms with van der Waals surface area (Å²) in [6.45, 7) is 1.26. The average molecular weight is 373 g/mol.